The van der Waals surface area contributed by atoms with E-state index in [2.05, 4.69) is 18.3 Å². The molecule has 3 heteroatoms. The number of nitrogens with one attached hydrogen (secondary N) is 1. The summed E-state index contributed by atoms with van der Waals surface area (Å²) in [5.74, 6) is 2.99. The van der Waals surface area contributed by atoms with Crippen LogP contribution in [0.3, 0.4) is 0 Å². The van der Waals surface area contributed by atoms with E-state index in [1.807, 2.05) is 24.8 Å². The lowest BCUT2D eigenvalue weighted by Crippen LogP contribution is -2.29. The molecule has 1 aromatic carbocycles. The van der Waals surface area contributed by atoms with Gasteiger partial charge in [0.05, 0.1) is 0 Å². The number of benzene rings is 1. The summed E-state index contributed by atoms with van der Waals surface area (Å²) in [5.41, 5.74) is 1.84. The van der Waals surface area contributed by atoms with E-state index in [1.54, 1.807) is 6.07 Å². The summed E-state index contributed by atoms with van der Waals surface area (Å²) in [6.45, 7) is 4.99. The van der Waals surface area contributed by atoms with Gasteiger partial charge in [0.1, 0.15) is 5.82 Å². The number of rotatable bonds is 5. The Hall–Kier alpha value is -0.540. The van der Waals surface area contributed by atoms with Gasteiger partial charge in [-0.1, -0.05) is 19.1 Å². The highest BCUT2D eigenvalue weighted by Gasteiger charge is 2.26. The summed E-state index contributed by atoms with van der Waals surface area (Å²) in [5, 5.41) is 3.59. The molecule has 2 atom stereocenters. The Balaban J connectivity index is 2.17. The van der Waals surface area contributed by atoms with Crippen LogP contribution in [0.15, 0.2) is 18.2 Å². The number of halogens is 1. The molecule has 1 saturated heterocycles. The predicted octanol–water partition coefficient (Wildman–Crippen LogP) is 3.93. The third-order valence-electron chi connectivity index (χ3n) is 3.61. The fourth-order valence-corrected chi connectivity index (χ4v) is 3.77. The highest BCUT2D eigenvalue weighted by molar-refractivity contribution is 7.99. The van der Waals surface area contributed by atoms with Crippen molar-refractivity contribution in [2.45, 2.75) is 32.7 Å². The zero-order valence-corrected chi connectivity index (χ0v) is 12.0. The van der Waals surface area contributed by atoms with Gasteiger partial charge >= 0.3 is 0 Å². The van der Waals surface area contributed by atoms with E-state index in [4.69, 9.17) is 0 Å². The smallest absolute Gasteiger partial charge is 0.126 e. The first-order valence-electron chi connectivity index (χ1n) is 6.79. The summed E-state index contributed by atoms with van der Waals surface area (Å²) >= 11 is 2.01. The van der Waals surface area contributed by atoms with E-state index >= 15 is 0 Å². The largest absolute Gasteiger partial charge is 0.310 e. The summed E-state index contributed by atoms with van der Waals surface area (Å²) in [6, 6.07) is 6.00. The van der Waals surface area contributed by atoms with Crippen LogP contribution >= 0.6 is 11.8 Å². The van der Waals surface area contributed by atoms with E-state index in [9.17, 15) is 4.39 Å². The molecule has 1 nitrogen and oxygen atoms in total. The molecule has 0 aromatic heterocycles. The third-order valence-corrected chi connectivity index (χ3v) is 4.79. The van der Waals surface area contributed by atoms with Crippen LogP contribution in [0, 0.1) is 18.7 Å². The normalized spacial score (nSPS) is 21.2. The Morgan fingerprint density at radius 1 is 1.50 bits per heavy atom. The topological polar surface area (TPSA) is 12.0 Å². The molecule has 0 bridgehead atoms. The van der Waals surface area contributed by atoms with Crippen LogP contribution in [-0.2, 0) is 0 Å². The van der Waals surface area contributed by atoms with E-state index in [0.717, 1.165) is 24.1 Å². The second-order valence-electron chi connectivity index (χ2n) is 5.06. The van der Waals surface area contributed by atoms with Crippen LogP contribution in [0.25, 0.3) is 0 Å². The van der Waals surface area contributed by atoms with Crippen molar-refractivity contribution in [1.82, 2.24) is 5.32 Å². The van der Waals surface area contributed by atoms with Crippen molar-refractivity contribution in [3.05, 3.63) is 35.1 Å². The van der Waals surface area contributed by atoms with Crippen LogP contribution in [0.1, 0.15) is 36.9 Å². The van der Waals surface area contributed by atoms with Gasteiger partial charge in [0, 0.05) is 6.04 Å². The quantitative estimate of drug-likeness (QED) is 0.867. The van der Waals surface area contributed by atoms with Crippen molar-refractivity contribution in [1.29, 1.82) is 0 Å². The molecule has 0 saturated carbocycles. The minimum Gasteiger partial charge on any atom is -0.310 e. The van der Waals surface area contributed by atoms with Crippen molar-refractivity contribution in [2.75, 3.05) is 18.1 Å². The SMILES string of the molecule is CCCNC(c1ccc(C)c(F)c1)C1CCSC1. The molecule has 2 rings (SSSR count). The van der Waals surface area contributed by atoms with E-state index in [-0.39, 0.29) is 5.82 Å². The summed E-state index contributed by atoms with van der Waals surface area (Å²) in [6.07, 6.45) is 2.35. The van der Waals surface area contributed by atoms with Crippen molar-refractivity contribution >= 4 is 11.8 Å². The van der Waals surface area contributed by atoms with Crippen LogP contribution in [-0.4, -0.2) is 18.1 Å². The lowest BCUT2D eigenvalue weighted by molar-refractivity contribution is 0.392. The molecule has 0 spiro atoms. The molecule has 1 fully saturated rings. The highest BCUT2D eigenvalue weighted by Crippen LogP contribution is 2.34. The maximum Gasteiger partial charge on any atom is 0.126 e. The van der Waals surface area contributed by atoms with Crippen molar-refractivity contribution < 1.29 is 4.39 Å². The van der Waals surface area contributed by atoms with Crippen molar-refractivity contribution in [3.63, 3.8) is 0 Å². The maximum absolute atomic E-state index is 13.7. The zero-order valence-electron chi connectivity index (χ0n) is 11.2. The minimum atomic E-state index is -0.0820. The molecule has 1 N–H and O–H groups in total. The molecule has 0 radical (unpaired) electrons. The van der Waals surface area contributed by atoms with E-state index < -0.39 is 0 Å². The molecule has 1 heterocycles. The summed E-state index contributed by atoms with van der Waals surface area (Å²) in [7, 11) is 0. The highest BCUT2D eigenvalue weighted by atomic mass is 32.2. The van der Waals surface area contributed by atoms with Gasteiger partial charge in [-0.25, -0.2) is 4.39 Å². The monoisotopic (exact) mass is 267 g/mol. The average Bonchev–Trinajstić information content (AvgIpc) is 2.88. The summed E-state index contributed by atoms with van der Waals surface area (Å²) in [4.78, 5) is 0. The minimum absolute atomic E-state index is 0.0820. The predicted molar refractivity (Wildman–Crippen MR) is 77.6 cm³/mol. The van der Waals surface area contributed by atoms with Crippen molar-refractivity contribution in [2.24, 2.45) is 5.92 Å². The van der Waals surface area contributed by atoms with Gasteiger partial charge in [-0.3, -0.25) is 0 Å². The molecular formula is C15H22FNS. The Labute approximate surface area is 114 Å². The zero-order chi connectivity index (χ0) is 13.0. The van der Waals surface area contributed by atoms with E-state index in [0.29, 0.717) is 12.0 Å². The molecule has 0 aliphatic carbocycles. The molecule has 1 aliphatic heterocycles. The second kappa shape index (κ2) is 6.58. The fraction of sp³-hybridized carbons (Fsp3) is 0.600. The van der Waals surface area contributed by atoms with Crippen LogP contribution in [0.2, 0.25) is 0 Å². The van der Waals surface area contributed by atoms with Gasteiger partial charge in [-0.15, -0.1) is 0 Å². The molecule has 1 aliphatic rings. The van der Waals surface area contributed by atoms with Crippen LogP contribution in [0.5, 0.6) is 0 Å². The number of hydrogen-bond acceptors (Lipinski definition) is 2. The number of hydrogen-bond donors (Lipinski definition) is 1. The van der Waals surface area contributed by atoms with Crippen LogP contribution < -0.4 is 5.32 Å². The molecule has 2 unspecified atom stereocenters. The Kier molecular flexibility index (Phi) is 5.07. The van der Waals surface area contributed by atoms with Crippen LogP contribution in [0.4, 0.5) is 4.39 Å². The number of thioether (sulfide) groups is 1. The first-order valence-corrected chi connectivity index (χ1v) is 7.95. The summed E-state index contributed by atoms with van der Waals surface area (Å²) < 4.78 is 13.7. The lowest BCUT2D eigenvalue weighted by atomic mass is 9.91. The van der Waals surface area contributed by atoms with Gasteiger partial charge < -0.3 is 5.32 Å². The van der Waals surface area contributed by atoms with Gasteiger partial charge in [-0.2, -0.15) is 11.8 Å². The van der Waals surface area contributed by atoms with Gasteiger partial charge in [0.25, 0.3) is 0 Å². The second-order valence-corrected chi connectivity index (χ2v) is 6.21. The Morgan fingerprint density at radius 2 is 2.33 bits per heavy atom. The van der Waals surface area contributed by atoms with E-state index in [1.165, 1.54) is 17.9 Å². The average molecular weight is 267 g/mol. The number of aryl methyl sites for hydroxylation is 1. The molecule has 18 heavy (non-hydrogen) atoms. The van der Waals surface area contributed by atoms with Gasteiger partial charge in [-0.05, 0) is 60.9 Å². The fourth-order valence-electron chi connectivity index (χ4n) is 2.47. The van der Waals surface area contributed by atoms with Gasteiger partial charge in [0.2, 0.25) is 0 Å². The Morgan fingerprint density at radius 3 is 2.94 bits per heavy atom. The Bertz CT molecular complexity index is 388. The first-order chi connectivity index (χ1) is 8.72. The first kappa shape index (κ1) is 13.9. The third kappa shape index (κ3) is 3.27. The maximum atomic E-state index is 13.7. The standard InChI is InChI=1S/C15H22FNS/c1-3-7-17-15(13-6-8-18-10-13)12-5-4-11(2)14(16)9-12/h4-5,9,13,15,17H,3,6-8,10H2,1-2H3. The lowest BCUT2D eigenvalue weighted by Gasteiger charge is -2.25. The molecule has 100 valence electrons. The molecule has 1 aromatic rings. The van der Waals surface area contributed by atoms with Crippen molar-refractivity contribution in [3.8, 4) is 0 Å². The molecular weight excluding hydrogens is 245 g/mol. The molecule has 0 amide bonds. The van der Waals surface area contributed by atoms with Gasteiger partial charge in [0.15, 0.2) is 0 Å².